The monoisotopic (exact) mass is 355 g/mol. The van der Waals surface area contributed by atoms with Crippen molar-refractivity contribution in [2.24, 2.45) is 5.84 Å². The Morgan fingerprint density at radius 1 is 1.38 bits per heavy atom. The molecule has 0 fully saturated rings. The van der Waals surface area contributed by atoms with Gasteiger partial charge in [0.15, 0.2) is 0 Å². The molecule has 0 saturated heterocycles. The largest absolute Gasteiger partial charge is 0.456 e. The first-order valence-electron chi connectivity index (χ1n) is 7.65. The van der Waals surface area contributed by atoms with E-state index in [1.165, 1.54) is 17.8 Å². The number of rotatable bonds is 5. The van der Waals surface area contributed by atoms with Crippen molar-refractivity contribution in [1.29, 1.82) is 0 Å². The van der Waals surface area contributed by atoms with E-state index in [0.29, 0.717) is 12.2 Å². The normalized spacial score (nSPS) is 12.6. The molecular formula is C16H25N3O4S. The molecule has 1 aromatic heterocycles. The molecule has 1 unspecified atom stereocenters. The number of nitrogens with zero attached hydrogens (tertiary/aromatic N) is 2. The van der Waals surface area contributed by atoms with Crippen LogP contribution >= 0.6 is 12.6 Å². The lowest BCUT2D eigenvalue weighted by Gasteiger charge is -2.23. The van der Waals surface area contributed by atoms with E-state index in [9.17, 15) is 14.4 Å². The second-order valence-corrected chi connectivity index (χ2v) is 6.87. The van der Waals surface area contributed by atoms with Gasteiger partial charge in [-0.2, -0.15) is 12.6 Å². The van der Waals surface area contributed by atoms with E-state index in [0.717, 1.165) is 11.1 Å². The summed E-state index contributed by atoms with van der Waals surface area (Å²) in [7, 11) is 1.34. The van der Waals surface area contributed by atoms with Crippen molar-refractivity contribution in [1.82, 2.24) is 9.58 Å². The van der Waals surface area contributed by atoms with Crippen LogP contribution in [-0.4, -0.2) is 39.9 Å². The number of carbonyl (C=O) groups excluding carboxylic acids is 2. The highest BCUT2D eigenvalue weighted by Gasteiger charge is 2.26. The molecule has 0 aliphatic carbocycles. The van der Waals surface area contributed by atoms with Crippen molar-refractivity contribution in [2.45, 2.75) is 45.8 Å². The standard InChI is InChI=1S/C16H25N3O4S/c1-6-10(9-24)19-8-12(15(22)23-16(2,3)4)11(7-13(19)20)14(21)18(5)17/h7-8,10,24H,6,9,17H2,1-5H3. The third-order valence-corrected chi connectivity index (χ3v) is 3.75. The van der Waals surface area contributed by atoms with Gasteiger partial charge in [0.1, 0.15) is 5.60 Å². The summed E-state index contributed by atoms with van der Waals surface area (Å²) in [5.41, 5.74) is -1.20. The van der Waals surface area contributed by atoms with E-state index >= 15 is 0 Å². The zero-order valence-corrected chi connectivity index (χ0v) is 15.6. The minimum absolute atomic E-state index is 0.00654. The van der Waals surface area contributed by atoms with Gasteiger partial charge in [-0.05, 0) is 27.2 Å². The molecule has 0 aromatic carbocycles. The second-order valence-electron chi connectivity index (χ2n) is 6.51. The molecule has 1 heterocycles. The summed E-state index contributed by atoms with van der Waals surface area (Å²) < 4.78 is 6.75. The number of ether oxygens (including phenoxy) is 1. The molecule has 7 nitrogen and oxygen atoms in total. The summed E-state index contributed by atoms with van der Waals surface area (Å²) in [5.74, 6) is 4.58. The number of hydrogen-bond acceptors (Lipinski definition) is 6. The predicted octanol–water partition coefficient (Wildman–Crippen LogP) is 1.63. The fraction of sp³-hybridized carbons (Fsp3) is 0.562. The quantitative estimate of drug-likeness (QED) is 0.275. The first-order chi connectivity index (χ1) is 11.0. The Kier molecular flexibility index (Phi) is 6.62. The maximum atomic E-state index is 12.5. The minimum atomic E-state index is -0.735. The zero-order chi connectivity index (χ0) is 18.7. The van der Waals surface area contributed by atoms with Crippen LogP contribution in [0.5, 0.6) is 0 Å². The van der Waals surface area contributed by atoms with Gasteiger partial charge < -0.3 is 9.30 Å². The second kappa shape index (κ2) is 7.85. The zero-order valence-electron chi connectivity index (χ0n) is 14.7. The lowest BCUT2D eigenvalue weighted by molar-refractivity contribution is 0.00657. The number of thiol groups is 1. The molecule has 0 spiro atoms. The number of nitrogens with two attached hydrogens (primary N) is 1. The van der Waals surface area contributed by atoms with E-state index in [4.69, 9.17) is 10.6 Å². The first-order valence-corrected chi connectivity index (χ1v) is 8.28. The minimum Gasteiger partial charge on any atom is -0.456 e. The van der Waals surface area contributed by atoms with Crippen molar-refractivity contribution >= 4 is 24.5 Å². The third-order valence-electron chi connectivity index (χ3n) is 3.33. The van der Waals surface area contributed by atoms with Crippen molar-refractivity contribution in [2.75, 3.05) is 12.8 Å². The highest BCUT2D eigenvalue weighted by atomic mass is 32.1. The van der Waals surface area contributed by atoms with Gasteiger partial charge in [0.2, 0.25) is 0 Å². The number of carbonyl (C=O) groups is 2. The Hall–Kier alpha value is -1.80. The maximum Gasteiger partial charge on any atom is 0.340 e. The van der Waals surface area contributed by atoms with Crippen molar-refractivity contribution in [3.63, 3.8) is 0 Å². The molecule has 0 saturated carbocycles. The van der Waals surface area contributed by atoms with E-state index < -0.39 is 23.0 Å². The first kappa shape index (κ1) is 20.2. The van der Waals surface area contributed by atoms with Gasteiger partial charge in [-0.1, -0.05) is 6.92 Å². The van der Waals surface area contributed by atoms with Gasteiger partial charge >= 0.3 is 5.97 Å². The Morgan fingerprint density at radius 3 is 2.38 bits per heavy atom. The number of hydrazine groups is 1. The molecule has 0 radical (unpaired) electrons. The molecule has 1 aromatic rings. The van der Waals surface area contributed by atoms with Crippen LogP contribution < -0.4 is 11.4 Å². The average molecular weight is 355 g/mol. The van der Waals surface area contributed by atoms with Crippen molar-refractivity contribution in [3.05, 3.63) is 33.7 Å². The number of aromatic nitrogens is 1. The SMILES string of the molecule is CCC(CS)n1cc(C(=O)OC(C)(C)C)c(C(=O)N(C)N)cc1=O. The van der Waals surface area contributed by atoms with Crippen LogP contribution in [-0.2, 0) is 4.74 Å². The van der Waals surface area contributed by atoms with Crippen LogP contribution in [0.4, 0.5) is 0 Å². The Balaban J connectivity index is 3.54. The smallest absolute Gasteiger partial charge is 0.340 e. The van der Waals surface area contributed by atoms with Crippen molar-refractivity contribution in [3.8, 4) is 0 Å². The lowest BCUT2D eigenvalue weighted by Crippen LogP contribution is -2.37. The molecule has 2 N–H and O–H groups in total. The van der Waals surface area contributed by atoms with Crippen LogP contribution in [0.3, 0.4) is 0 Å². The molecule has 1 amide bonds. The van der Waals surface area contributed by atoms with Gasteiger partial charge in [-0.15, -0.1) is 0 Å². The number of esters is 1. The number of hydrogen-bond donors (Lipinski definition) is 2. The highest BCUT2D eigenvalue weighted by molar-refractivity contribution is 7.80. The van der Waals surface area contributed by atoms with Crippen LogP contribution in [0.25, 0.3) is 0 Å². The molecule has 0 aliphatic heterocycles. The lowest BCUT2D eigenvalue weighted by atomic mass is 10.1. The van der Waals surface area contributed by atoms with E-state index in [1.807, 2.05) is 6.92 Å². The Labute approximate surface area is 147 Å². The topological polar surface area (TPSA) is 94.6 Å². The molecule has 8 heteroatoms. The molecule has 24 heavy (non-hydrogen) atoms. The van der Waals surface area contributed by atoms with E-state index in [1.54, 1.807) is 20.8 Å². The number of pyridine rings is 1. The van der Waals surface area contributed by atoms with Crippen LogP contribution in [0.15, 0.2) is 17.1 Å². The summed E-state index contributed by atoms with van der Waals surface area (Å²) >= 11 is 4.24. The van der Waals surface area contributed by atoms with Gasteiger partial charge in [0.25, 0.3) is 11.5 Å². The Morgan fingerprint density at radius 2 is 1.96 bits per heavy atom. The summed E-state index contributed by atoms with van der Waals surface area (Å²) in [6.07, 6.45) is 2.01. The maximum absolute atomic E-state index is 12.5. The number of amides is 1. The fourth-order valence-corrected chi connectivity index (χ4v) is 2.54. The van der Waals surface area contributed by atoms with E-state index in [-0.39, 0.29) is 17.2 Å². The van der Waals surface area contributed by atoms with Gasteiger partial charge in [0, 0.05) is 31.1 Å². The summed E-state index contributed by atoms with van der Waals surface area (Å²) in [6, 6.07) is 0.929. The Bertz CT molecular complexity index is 673. The van der Waals surface area contributed by atoms with Gasteiger partial charge in [0.05, 0.1) is 11.1 Å². The summed E-state index contributed by atoms with van der Waals surface area (Å²) in [6.45, 7) is 7.08. The average Bonchev–Trinajstić information content (AvgIpc) is 2.46. The molecule has 0 bridgehead atoms. The van der Waals surface area contributed by atoms with Gasteiger partial charge in [-0.3, -0.25) is 14.6 Å². The third kappa shape index (κ3) is 4.85. The van der Waals surface area contributed by atoms with Crippen LogP contribution in [0, 0.1) is 0 Å². The molecule has 0 aliphatic rings. The molecular weight excluding hydrogens is 330 g/mol. The highest BCUT2D eigenvalue weighted by Crippen LogP contribution is 2.18. The van der Waals surface area contributed by atoms with Gasteiger partial charge in [-0.25, -0.2) is 10.6 Å². The molecule has 1 rings (SSSR count). The predicted molar refractivity (Wildman–Crippen MR) is 95.3 cm³/mol. The summed E-state index contributed by atoms with van der Waals surface area (Å²) in [4.78, 5) is 37.1. The molecule has 134 valence electrons. The van der Waals surface area contributed by atoms with Crippen LogP contribution in [0.2, 0.25) is 0 Å². The fourth-order valence-electron chi connectivity index (χ4n) is 2.11. The van der Waals surface area contributed by atoms with Crippen LogP contribution in [0.1, 0.15) is 60.9 Å². The summed E-state index contributed by atoms with van der Waals surface area (Å²) in [5, 5.41) is 0.822. The van der Waals surface area contributed by atoms with Crippen molar-refractivity contribution < 1.29 is 14.3 Å². The van der Waals surface area contributed by atoms with E-state index in [2.05, 4.69) is 12.6 Å². The molecule has 1 atom stereocenters.